The van der Waals surface area contributed by atoms with Gasteiger partial charge >= 0.3 is 0 Å². The highest BCUT2D eigenvalue weighted by Crippen LogP contribution is 2.42. The summed E-state index contributed by atoms with van der Waals surface area (Å²) in [4.78, 5) is 89.4. The van der Waals surface area contributed by atoms with E-state index in [4.69, 9.17) is 18.9 Å². The summed E-state index contributed by atoms with van der Waals surface area (Å²) in [6.07, 6.45) is 4.24. The second kappa shape index (κ2) is 27.3. The number of carbonyl (C=O) groups excluding carboxylic acids is 6. The number of amides is 6. The van der Waals surface area contributed by atoms with E-state index in [1.807, 2.05) is 121 Å². The third-order valence-electron chi connectivity index (χ3n) is 16.1. The van der Waals surface area contributed by atoms with Gasteiger partial charge in [-0.05, 0) is 108 Å². The van der Waals surface area contributed by atoms with Crippen LogP contribution < -0.4 is 29.6 Å². The van der Waals surface area contributed by atoms with Crippen LogP contribution in [-0.4, -0.2) is 83.8 Å². The van der Waals surface area contributed by atoms with Crippen LogP contribution in [0.4, 0.5) is 11.4 Å². The van der Waals surface area contributed by atoms with Gasteiger partial charge < -0.3 is 29.6 Å². The molecule has 6 amide bonds. The molecule has 0 spiro atoms. The number of anilines is 2. The zero-order valence-electron chi connectivity index (χ0n) is 50.2. The molecule has 8 aromatic rings. The van der Waals surface area contributed by atoms with Crippen LogP contribution in [0.15, 0.2) is 170 Å². The smallest absolute Gasteiger partial charge is 0.262 e. The molecule has 8 bridgehead atoms. The number of ether oxygens (including phenoxy) is 4. The van der Waals surface area contributed by atoms with Gasteiger partial charge in [0.15, 0.2) is 0 Å². The SMILES string of the molecule is CCCOc1c2cccc1Cc1cc(NC(=O)[C@H](Cc3ccccc3)N3C(=O)c4ccccc4C3=O)cc(c1OCCC)Cc1cccc(c1OCCC)Cc1cc(NC(=O)[C@H](Cc3ccccc3)N3C(=O)c4ccccc4C3=O)cc(c1OCCC)C2. The van der Waals surface area contributed by atoms with Crippen molar-refractivity contribution >= 4 is 46.8 Å². The van der Waals surface area contributed by atoms with Gasteiger partial charge in [0.1, 0.15) is 35.1 Å². The summed E-state index contributed by atoms with van der Waals surface area (Å²) in [6, 6.07) is 49.5. The molecule has 14 nitrogen and oxygen atoms in total. The van der Waals surface area contributed by atoms with Crippen molar-refractivity contribution in [1.29, 1.82) is 0 Å². The number of hydrogen-bond acceptors (Lipinski definition) is 10. The maximum atomic E-state index is 15.2. The first-order valence-electron chi connectivity index (χ1n) is 30.6. The number of rotatable bonds is 22. The molecular weight excluding hydrogens is 1100 g/mol. The quantitative estimate of drug-likeness (QED) is 0.0623. The van der Waals surface area contributed by atoms with E-state index >= 15 is 9.59 Å². The lowest BCUT2D eigenvalue weighted by Crippen LogP contribution is -2.48. The fourth-order valence-electron chi connectivity index (χ4n) is 12.1. The second-order valence-electron chi connectivity index (χ2n) is 22.6. The van der Waals surface area contributed by atoms with E-state index in [1.165, 1.54) is 0 Å². The molecule has 1 aliphatic carbocycles. The van der Waals surface area contributed by atoms with E-state index < -0.39 is 47.5 Å². The van der Waals surface area contributed by atoms with Crippen LogP contribution >= 0.6 is 0 Å². The topological polar surface area (TPSA) is 170 Å². The highest BCUT2D eigenvalue weighted by Gasteiger charge is 2.44. The van der Waals surface area contributed by atoms with E-state index in [1.54, 1.807) is 48.5 Å². The van der Waals surface area contributed by atoms with Gasteiger partial charge in [-0.25, -0.2) is 0 Å². The highest BCUT2D eigenvalue weighted by molar-refractivity contribution is 6.24. The zero-order valence-corrected chi connectivity index (χ0v) is 50.2. The van der Waals surface area contributed by atoms with Crippen molar-refractivity contribution in [2.45, 2.75) is 104 Å². The molecule has 88 heavy (non-hydrogen) atoms. The minimum Gasteiger partial charge on any atom is -0.493 e. The summed E-state index contributed by atoms with van der Waals surface area (Å²) in [5, 5.41) is 6.42. The van der Waals surface area contributed by atoms with Crippen LogP contribution in [-0.2, 0) is 48.1 Å². The van der Waals surface area contributed by atoms with Crippen LogP contribution in [0, 0.1) is 0 Å². The van der Waals surface area contributed by atoms with Gasteiger partial charge in [0, 0.05) is 72.2 Å². The maximum Gasteiger partial charge on any atom is 0.262 e. The van der Waals surface area contributed by atoms with Crippen LogP contribution in [0.3, 0.4) is 0 Å². The van der Waals surface area contributed by atoms with Crippen LogP contribution in [0.1, 0.15) is 150 Å². The Bertz CT molecular complexity index is 3520. The summed E-state index contributed by atoms with van der Waals surface area (Å²) in [6.45, 7) is 9.84. The number of nitrogens with one attached hydrogen (secondary N) is 2. The molecule has 14 heteroatoms. The number of benzene rings is 8. The molecule has 448 valence electrons. The first kappa shape index (κ1) is 59.9. The highest BCUT2D eigenvalue weighted by atomic mass is 16.5. The third-order valence-corrected chi connectivity index (χ3v) is 16.1. The van der Waals surface area contributed by atoms with Gasteiger partial charge in [0.25, 0.3) is 23.6 Å². The molecule has 2 heterocycles. The van der Waals surface area contributed by atoms with Crippen molar-refractivity contribution in [3.63, 3.8) is 0 Å². The summed E-state index contributed by atoms with van der Waals surface area (Å²) in [5.41, 5.74) is 9.91. The lowest BCUT2D eigenvalue weighted by molar-refractivity contribution is -0.120. The maximum absolute atomic E-state index is 15.2. The Kier molecular flexibility index (Phi) is 18.6. The van der Waals surface area contributed by atoms with Crippen molar-refractivity contribution in [1.82, 2.24) is 9.80 Å². The van der Waals surface area contributed by atoms with Crippen molar-refractivity contribution in [2.24, 2.45) is 0 Å². The molecule has 8 aromatic carbocycles. The van der Waals surface area contributed by atoms with E-state index in [0.717, 1.165) is 91.1 Å². The van der Waals surface area contributed by atoms with Gasteiger partial charge in [-0.15, -0.1) is 0 Å². The molecule has 2 N–H and O–H groups in total. The molecule has 11 rings (SSSR count). The fraction of sp³-hybridized carbons (Fsp3) is 0.270. The van der Waals surface area contributed by atoms with E-state index in [0.29, 0.717) is 86.5 Å². The van der Waals surface area contributed by atoms with E-state index in [-0.39, 0.29) is 35.1 Å². The van der Waals surface area contributed by atoms with E-state index in [2.05, 4.69) is 38.3 Å². The Morgan fingerprint density at radius 2 is 0.625 bits per heavy atom. The number of hydrogen-bond donors (Lipinski definition) is 2. The molecule has 0 aromatic heterocycles. The molecule has 2 atom stereocenters. The molecule has 2 aliphatic heterocycles. The molecule has 3 aliphatic rings. The zero-order chi connectivity index (χ0) is 61.3. The lowest BCUT2D eigenvalue weighted by atomic mass is 9.90. The van der Waals surface area contributed by atoms with Crippen LogP contribution in [0.2, 0.25) is 0 Å². The summed E-state index contributed by atoms with van der Waals surface area (Å²) in [7, 11) is 0. The van der Waals surface area contributed by atoms with Crippen molar-refractivity contribution in [2.75, 3.05) is 37.1 Å². The normalized spacial score (nSPS) is 14.0. The molecule has 0 saturated carbocycles. The lowest BCUT2D eigenvalue weighted by Gasteiger charge is -2.27. The van der Waals surface area contributed by atoms with Gasteiger partial charge in [0.05, 0.1) is 48.7 Å². The Morgan fingerprint density at radius 3 is 0.898 bits per heavy atom. The largest absolute Gasteiger partial charge is 0.493 e. The predicted molar refractivity (Wildman–Crippen MR) is 339 cm³/mol. The number of carbonyl (C=O) groups is 6. The van der Waals surface area contributed by atoms with Gasteiger partial charge in [0.2, 0.25) is 11.8 Å². The van der Waals surface area contributed by atoms with Gasteiger partial charge in [-0.1, -0.05) is 149 Å². The van der Waals surface area contributed by atoms with Crippen LogP contribution in [0.5, 0.6) is 23.0 Å². The monoisotopic (exact) mass is 1180 g/mol. The Balaban J connectivity index is 1.05. The van der Waals surface area contributed by atoms with Crippen molar-refractivity contribution in [3.05, 3.63) is 248 Å². The average molecular weight is 1180 g/mol. The standard InChI is InChI=1S/C74H72N4O10/c1-5-33-85-65-49-25-19-26-50(65)40-54-44-58(76-70(80)64(38-48-23-13-10-14-24-48)78-73(83)61-31-17-18-32-62(61)74(78)84)46-56(68(54)88-36-8-4)42-52-28-20-27-51(66(52)86-34-6-2)41-55-45-57(43-53(39-49)67(55)87-35-7-3)75-69(79)63(37-47-21-11-9-12-22-47)77-71(81)59-29-15-16-30-60(59)72(77)82/h9-32,43-46,63-64H,5-8,33-42H2,1-4H3,(H,75,79)(H,76,80)/t63-,64-/m0/s1. The van der Waals surface area contributed by atoms with E-state index in [9.17, 15) is 19.2 Å². The average Bonchev–Trinajstić information content (AvgIpc) is 1.82. The minimum absolute atomic E-state index is 0.0805. The number of fused-ring (bicyclic) bond motifs is 10. The fourth-order valence-corrected chi connectivity index (χ4v) is 12.1. The summed E-state index contributed by atoms with van der Waals surface area (Å²) >= 11 is 0. The van der Waals surface area contributed by atoms with Gasteiger partial charge in [-0.3, -0.25) is 38.6 Å². The Labute approximate surface area is 513 Å². The number of nitrogens with zero attached hydrogens (tertiary/aromatic N) is 2. The van der Waals surface area contributed by atoms with Crippen molar-refractivity contribution in [3.8, 4) is 23.0 Å². The first-order chi connectivity index (χ1) is 43.0. The Hall–Kier alpha value is -9.82. The molecule has 0 radical (unpaired) electrons. The predicted octanol–water partition coefficient (Wildman–Crippen LogP) is 13.2. The van der Waals surface area contributed by atoms with Crippen molar-refractivity contribution < 1.29 is 47.7 Å². The summed E-state index contributed by atoms with van der Waals surface area (Å²) < 4.78 is 27.3. The first-order valence-corrected chi connectivity index (χ1v) is 30.6. The Morgan fingerprint density at radius 1 is 0.364 bits per heavy atom. The molecule has 0 saturated heterocycles. The van der Waals surface area contributed by atoms with Gasteiger partial charge in [-0.2, -0.15) is 0 Å². The summed E-state index contributed by atoms with van der Waals surface area (Å²) in [5.74, 6) is -0.560. The number of para-hydroxylation sites is 2. The second-order valence-corrected chi connectivity index (χ2v) is 22.6. The molecule has 0 fully saturated rings. The van der Waals surface area contributed by atoms with Crippen LogP contribution in [0.25, 0.3) is 0 Å². The third kappa shape index (κ3) is 12.7. The number of imide groups is 2. The minimum atomic E-state index is -1.20. The molecule has 0 unspecified atom stereocenters. The molecular formula is C74H72N4O10.